The topological polar surface area (TPSA) is 67.9 Å². The van der Waals surface area contributed by atoms with E-state index in [1.807, 2.05) is 32.0 Å². The molecule has 0 unspecified atom stereocenters. The first-order chi connectivity index (χ1) is 11.6. The van der Waals surface area contributed by atoms with Crippen molar-refractivity contribution in [1.29, 1.82) is 0 Å². The molecule has 1 aliphatic heterocycles. The Labute approximate surface area is 143 Å². The van der Waals surface area contributed by atoms with Gasteiger partial charge in [0.25, 0.3) is 5.91 Å². The number of ether oxygens (including phenoxy) is 2. The van der Waals surface area contributed by atoms with Gasteiger partial charge in [-0.1, -0.05) is 32.0 Å². The molecule has 24 heavy (non-hydrogen) atoms. The second kappa shape index (κ2) is 9.27. The van der Waals surface area contributed by atoms with Gasteiger partial charge in [0.05, 0.1) is 13.2 Å². The van der Waals surface area contributed by atoms with Crippen molar-refractivity contribution in [3.8, 4) is 5.75 Å². The van der Waals surface area contributed by atoms with Crippen LogP contribution in [0.4, 0.5) is 0 Å². The van der Waals surface area contributed by atoms with Gasteiger partial charge in [-0.3, -0.25) is 9.59 Å². The smallest absolute Gasteiger partial charge is 0.258 e. The third-order valence-corrected chi connectivity index (χ3v) is 3.78. The average molecular weight is 334 g/mol. The van der Waals surface area contributed by atoms with Crippen molar-refractivity contribution >= 4 is 11.8 Å². The van der Waals surface area contributed by atoms with Crippen molar-refractivity contribution in [1.82, 2.24) is 10.2 Å². The van der Waals surface area contributed by atoms with Crippen LogP contribution in [0.2, 0.25) is 0 Å². The van der Waals surface area contributed by atoms with E-state index in [9.17, 15) is 9.59 Å². The second-order valence-electron chi connectivity index (χ2n) is 6.29. The largest absolute Gasteiger partial charge is 0.484 e. The number of carbonyl (C=O) groups excluding carboxylic acids is 2. The quantitative estimate of drug-likeness (QED) is 0.820. The summed E-state index contributed by atoms with van der Waals surface area (Å²) in [6, 6.07) is 8.63. The van der Waals surface area contributed by atoms with E-state index < -0.39 is 6.04 Å². The number of benzene rings is 1. The Kier molecular flexibility index (Phi) is 7.06. The minimum atomic E-state index is -0.519. The first-order valence-electron chi connectivity index (χ1n) is 8.40. The second-order valence-corrected chi connectivity index (χ2v) is 6.29. The normalized spacial score (nSPS) is 15.9. The van der Waals surface area contributed by atoms with E-state index >= 15 is 0 Å². The van der Waals surface area contributed by atoms with Gasteiger partial charge in [0.15, 0.2) is 6.61 Å². The number of morpholine rings is 1. The van der Waals surface area contributed by atoms with Crippen molar-refractivity contribution < 1.29 is 19.1 Å². The summed E-state index contributed by atoms with van der Waals surface area (Å²) in [4.78, 5) is 26.6. The highest BCUT2D eigenvalue weighted by Gasteiger charge is 2.27. The lowest BCUT2D eigenvalue weighted by molar-refractivity contribution is -0.140. The molecule has 1 fully saturated rings. The molecule has 6 heteroatoms. The van der Waals surface area contributed by atoms with Gasteiger partial charge in [-0.2, -0.15) is 0 Å². The molecule has 0 aromatic heterocycles. The molecule has 1 aromatic rings. The Hall–Kier alpha value is -2.08. The molecular formula is C18H26N2O4. The van der Waals surface area contributed by atoms with E-state index in [1.54, 1.807) is 17.0 Å². The SMILES string of the molecule is CC(C)C[C@H](NC(=O)COc1ccccc1)C(=O)N1CCOCC1. The number of nitrogens with zero attached hydrogens (tertiary/aromatic N) is 1. The molecule has 1 aliphatic rings. The molecule has 0 spiro atoms. The third-order valence-electron chi connectivity index (χ3n) is 3.78. The van der Waals surface area contributed by atoms with E-state index in [-0.39, 0.29) is 18.4 Å². The van der Waals surface area contributed by atoms with E-state index in [0.29, 0.717) is 44.4 Å². The molecule has 0 aliphatic carbocycles. The Morgan fingerprint density at radius 1 is 1.21 bits per heavy atom. The van der Waals surface area contributed by atoms with Crippen LogP contribution in [-0.4, -0.2) is 55.7 Å². The predicted molar refractivity (Wildman–Crippen MR) is 90.7 cm³/mol. The van der Waals surface area contributed by atoms with Crippen LogP contribution in [0.5, 0.6) is 5.75 Å². The predicted octanol–water partition coefficient (Wildman–Crippen LogP) is 1.46. The number of rotatable bonds is 7. The highest BCUT2D eigenvalue weighted by molar-refractivity contribution is 5.88. The number of para-hydroxylation sites is 1. The van der Waals surface area contributed by atoms with Crippen LogP contribution in [-0.2, 0) is 14.3 Å². The fraction of sp³-hybridized carbons (Fsp3) is 0.556. The summed E-state index contributed by atoms with van der Waals surface area (Å²) in [7, 11) is 0. The first-order valence-corrected chi connectivity index (χ1v) is 8.40. The monoisotopic (exact) mass is 334 g/mol. The maximum atomic E-state index is 12.7. The molecule has 0 saturated carbocycles. The van der Waals surface area contributed by atoms with Gasteiger partial charge < -0.3 is 19.7 Å². The van der Waals surface area contributed by atoms with E-state index in [4.69, 9.17) is 9.47 Å². The molecule has 1 heterocycles. The van der Waals surface area contributed by atoms with E-state index in [0.717, 1.165) is 0 Å². The highest BCUT2D eigenvalue weighted by atomic mass is 16.5. The van der Waals surface area contributed by atoms with Crippen molar-refractivity contribution in [2.75, 3.05) is 32.9 Å². The van der Waals surface area contributed by atoms with Crippen LogP contribution >= 0.6 is 0 Å². The Morgan fingerprint density at radius 3 is 2.50 bits per heavy atom. The van der Waals surface area contributed by atoms with Crippen molar-refractivity contribution in [2.24, 2.45) is 5.92 Å². The summed E-state index contributed by atoms with van der Waals surface area (Å²) >= 11 is 0. The zero-order valence-electron chi connectivity index (χ0n) is 14.4. The minimum absolute atomic E-state index is 0.0416. The molecule has 2 rings (SSSR count). The fourth-order valence-electron chi connectivity index (χ4n) is 2.60. The van der Waals surface area contributed by atoms with Gasteiger partial charge in [-0.15, -0.1) is 0 Å². The maximum Gasteiger partial charge on any atom is 0.258 e. The summed E-state index contributed by atoms with van der Waals surface area (Å²) in [5, 5.41) is 2.82. The molecule has 2 amide bonds. The lowest BCUT2D eigenvalue weighted by Gasteiger charge is -2.31. The number of nitrogens with one attached hydrogen (secondary N) is 1. The van der Waals surface area contributed by atoms with Crippen LogP contribution in [0.1, 0.15) is 20.3 Å². The van der Waals surface area contributed by atoms with Crippen LogP contribution in [0, 0.1) is 5.92 Å². The zero-order valence-corrected chi connectivity index (χ0v) is 14.4. The van der Waals surface area contributed by atoms with Crippen LogP contribution < -0.4 is 10.1 Å². The summed E-state index contributed by atoms with van der Waals surface area (Å²) in [6.45, 7) is 6.21. The molecule has 1 N–H and O–H groups in total. The molecule has 132 valence electrons. The molecule has 0 bridgehead atoms. The Morgan fingerprint density at radius 2 is 1.88 bits per heavy atom. The highest BCUT2D eigenvalue weighted by Crippen LogP contribution is 2.11. The Balaban J connectivity index is 1.89. The average Bonchev–Trinajstić information content (AvgIpc) is 2.60. The van der Waals surface area contributed by atoms with Crippen molar-refractivity contribution in [2.45, 2.75) is 26.3 Å². The fourth-order valence-corrected chi connectivity index (χ4v) is 2.60. The first kappa shape index (κ1) is 18.3. The van der Waals surface area contributed by atoms with Gasteiger partial charge in [0.2, 0.25) is 5.91 Å². The number of hydrogen-bond donors (Lipinski definition) is 1. The van der Waals surface area contributed by atoms with Crippen LogP contribution in [0.15, 0.2) is 30.3 Å². The summed E-state index contributed by atoms with van der Waals surface area (Å²) in [6.07, 6.45) is 0.604. The standard InChI is InChI=1S/C18H26N2O4/c1-14(2)12-16(18(22)20-8-10-23-11-9-20)19-17(21)13-24-15-6-4-3-5-7-15/h3-7,14,16H,8-13H2,1-2H3,(H,19,21)/t16-/m0/s1. The summed E-state index contributed by atoms with van der Waals surface area (Å²) < 4.78 is 10.7. The molecule has 0 radical (unpaired) electrons. The zero-order chi connectivity index (χ0) is 17.4. The van der Waals surface area contributed by atoms with Gasteiger partial charge in [-0.25, -0.2) is 0 Å². The van der Waals surface area contributed by atoms with Gasteiger partial charge in [0.1, 0.15) is 11.8 Å². The van der Waals surface area contributed by atoms with E-state index in [1.165, 1.54) is 0 Å². The number of hydrogen-bond acceptors (Lipinski definition) is 4. The van der Waals surface area contributed by atoms with Gasteiger partial charge >= 0.3 is 0 Å². The lowest BCUT2D eigenvalue weighted by Crippen LogP contribution is -2.52. The molecule has 6 nitrogen and oxygen atoms in total. The van der Waals surface area contributed by atoms with Crippen LogP contribution in [0.3, 0.4) is 0 Å². The molecule has 1 aromatic carbocycles. The minimum Gasteiger partial charge on any atom is -0.484 e. The summed E-state index contributed by atoms with van der Waals surface area (Å²) in [5.41, 5.74) is 0. The molecule has 1 saturated heterocycles. The number of carbonyl (C=O) groups is 2. The lowest BCUT2D eigenvalue weighted by atomic mass is 10.0. The molecule has 1 atom stereocenters. The van der Waals surface area contributed by atoms with Crippen molar-refractivity contribution in [3.05, 3.63) is 30.3 Å². The third kappa shape index (κ3) is 5.85. The van der Waals surface area contributed by atoms with Crippen LogP contribution in [0.25, 0.3) is 0 Å². The molecular weight excluding hydrogens is 308 g/mol. The number of amides is 2. The maximum absolute atomic E-state index is 12.7. The summed E-state index contributed by atoms with van der Waals surface area (Å²) in [5.74, 6) is 0.606. The van der Waals surface area contributed by atoms with E-state index in [2.05, 4.69) is 5.32 Å². The van der Waals surface area contributed by atoms with Crippen molar-refractivity contribution in [3.63, 3.8) is 0 Å². The Bertz CT molecular complexity index is 527. The van der Waals surface area contributed by atoms with Gasteiger partial charge in [-0.05, 0) is 24.5 Å². The van der Waals surface area contributed by atoms with Gasteiger partial charge in [0, 0.05) is 13.1 Å².